The van der Waals surface area contributed by atoms with Gasteiger partial charge in [-0.1, -0.05) is 12.1 Å². The van der Waals surface area contributed by atoms with Gasteiger partial charge in [-0.3, -0.25) is 4.57 Å². The Morgan fingerprint density at radius 3 is 2.15 bits per heavy atom. The molecular formula is C14H19O5P. The van der Waals surface area contributed by atoms with E-state index < -0.39 is 13.6 Å². The van der Waals surface area contributed by atoms with E-state index in [9.17, 15) is 9.36 Å². The largest absolute Gasteiger partial charge is 0.460 e. The van der Waals surface area contributed by atoms with Gasteiger partial charge in [-0.05, 0) is 37.6 Å². The van der Waals surface area contributed by atoms with Crippen LogP contribution in [-0.4, -0.2) is 26.3 Å². The number of carbonyl (C=O) groups is 1. The van der Waals surface area contributed by atoms with Crippen molar-refractivity contribution < 1.29 is 23.1 Å². The van der Waals surface area contributed by atoms with Crippen LogP contribution in [0.15, 0.2) is 30.3 Å². The predicted molar refractivity (Wildman–Crippen MR) is 78.0 cm³/mol. The SMILES string of the molecule is COP(=O)(OC)c1ccc(/C=C/C(=O)OC(C)C)cc1. The van der Waals surface area contributed by atoms with Crippen LogP contribution in [0.5, 0.6) is 0 Å². The summed E-state index contributed by atoms with van der Waals surface area (Å²) in [4.78, 5) is 11.4. The number of esters is 1. The van der Waals surface area contributed by atoms with Gasteiger partial charge in [0.1, 0.15) is 0 Å². The summed E-state index contributed by atoms with van der Waals surface area (Å²) in [6.45, 7) is 3.57. The lowest BCUT2D eigenvalue weighted by molar-refractivity contribution is -0.141. The lowest BCUT2D eigenvalue weighted by Gasteiger charge is -2.13. The van der Waals surface area contributed by atoms with Crippen LogP contribution in [0.3, 0.4) is 0 Å². The van der Waals surface area contributed by atoms with Crippen LogP contribution in [-0.2, 0) is 23.1 Å². The first-order valence-corrected chi connectivity index (χ1v) is 7.66. The molecule has 6 heteroatoms. The molecule has 0 aromatic heterocycles. The number of ether oxygens (including phenoxy) is 1. The van der Waals surface area contributed by atoms with Crippen molar-refractivity contribution in [3.8, 4) is 0 Å². The molecule has 0 radical (unpaired) electrons. The van der Waals surface area contributed by atoms with Crippen LogP contribution in [0.4, 0.5) is 0 Å². The molecule has 0 spiro atoms. The van der Waals surface area contributed by atoms with E-state index in [-0.39, 0.29) is 6.10 Å². The third kappa shape index (κ3) is 4.60. The number of benzene rings is 1. The van der Waals surface area contributed by atoms with Gasteiger partial charge in [-0.25, -0.2) is 4.79 Å². The minimum absolute atomic E-state index is 0.149. The van der Waals surface area contributed by atoms with Crippen molar-refractivity contribution >= 4 is 24.9 Å². The number of hydrogen-bond donors (Lipinski definition) is 0. The van der Waals surface area contributed by atoms with E-state index in [0.717, 1.165) is 5.56 Å². The monoisotopic (exact) mass is 298 g/mol. The van der Waals surface area contributed by atoms with Crippen molar-refractivity contribution in [2.24, 2.45) is 0 Å². The molecule has 1 rings (SSSR count). The van der Waals surface area contributed by atoms with E-state index in [1.165, 1.54) is 20.3 Å². The summed E-state index contributed by atoms with van der Waals surface area (Å²) in [6.07, 6.45) is 2.82. The van der Waals surface area contributed by atoms with Gasteiger partial charge in [-0.15, -0.1) is 0 Å². The molecule has 0 unspecified atom stereocenters. The molecule has 0 aliphatic rings. The number of rotatable bonds is 6. The van der Waals surface area contributed by atoms with Crippen molar-refractivity contribution in [2.45, 2.75) is 20.0 Å². The van der Waals surface area contributed by atoms with Crippen LogP contribution in [0.1, 0.15) is 19.4 Å². The highest BCUT2D eigenvalue weighted by molar-refractivity contribution is 7.62. The molecule has 0 bridgehead atoms. The van der Waals surface area contributed by atoms with Gasteiger partial charge in [0.15, 0.2) is 0 Å². The number of hydrogen-bond acceptors (Lipinski definition) is 5. The maximum atomic E-state index is 12.1. The van der Waals surface area contributed by atoms with Crippen molar-refractivity contribution in [1.82, 2.24) is 0 Å². The third-order valence-corrected chi connectivity index (χ3v) is 4.35. The van der Waals surface area contributed by atoms with Crippen LogP contribution in [0, 0.1) is 0 Å². The maximum absolute atomic E-state index is 12.1. The highest BCUT2D eigenvalue weighted by Crippen LogP contribution is 2.44. The van der Waals surface area contributed by atoms with Crippen LogP contribution in [0.25, 0.3) is 6.08 Å². The fourth-order valence-electron chi connectivity index (χ4n) is 1.49. The fraction of sp³-hybridized carbons (Fsp3) is 0.357. The molecule has 5 nitrogen and oxygen atoms in total. The predicted octanol–water partition coefficient (Wildman–Crippen LogP) is 2.76. The molecule has 1 aromatic carbocycles. The van der Waals surface area contributed by atoms with Gasteiger partial charge in [0.2, 0.25) is 0 Å². The second kappa shape index (κ2) is 7.39. The quantitative estimate of drug-likeness (QED) is 0.459. The standard InChI is InChI=1S/C14H19O5P/c1-11(2)19-14(15)10-7-12-5-8-13(9-6-12)20(16,17-3)18-4/h5-11H,1-4H3/b10-7+. The number of carbonyl (C=O) groups excluding carboxylic acids is 1. The van der Waals surface area contributed by atoms with E-state index in [0.29, 0.717) is 5.30 Å². The van der Waals surface area contributed by atoms with Gasteiger partial charge in [-0.2, -0.15) is 0 Å². The summed E-state index contributed by atoms with van der Waals surface area (Å²) in [7, 11) is -0.559. The molecule has 20 heavy (non-hydrogen) atoms. The molecule has 0 N–H and O–H groups in total. The van der Waals surface area contributed by atoms with Crippen LogP contribution in [0.2, 0.25) is 0 Å². The summed E-state index contributed by atoms with van der Waals surface area (Å²) >= 11 is 0. The summed E-state index contributed by atoms with van der Waals surface area (Å²) in [5.74, 6) is -0.400. The first kappa shape index (κ1) is 16.6. The van der Waals surface area contributed by atoms with E-state index in [2.05, 4.69) is 0 Å². The topological polar surface area (TPSA) is 61.8 Å². The van der Waals surface area contributed by atoms with E-state index in [1.807, 2.05) is 0 Å². The van der Waals surface area contributed by atoms with Gasteiger partial charge in [0.05, 0.1) is 11.4 Å². The highest BCUT2D eigenvalue weighted by atomic mass is 31.2. The minimum atomic E-state index is -3.23. The summed E-state index contributed by atoms with van der Waals surface area (Å²) in [6, 6.07) is 6.72. The van der Waals surface area contributed by atoms with Crippen molar-refractivity contribution in [2.75, 3.05) is 14.2 Å². The molecule has 0 atom stereocenters. The van der Waals surface area contributed by atoms with Crippen LogP contribution < -0.4 is 5.30 Å². The Morgan fingerprint density at radius 1 is 1.15 bits per heavy atom. The molecule has 0 fully saturated rings. The zero-order chi connectivity index (χ0) is 15.2. The van der Waals surface area contributed by atoms with Gasteiger partial charge < -0.3 is 13.8 Å². The molecule has 0 saturated heterocycles. The van der Waals surface area contributed by atoms with Gasteiger partial charge in [0, 0.05) is 20.3 Å². The highest BCUT2D eigenvalue weighted by Gasteiger charge is 2.23. The maximum Gasteiger partial charge on any atom is 0.360 e. The molecular weight excluding hydrogens is 279 g/mol. The Kier molecular flexibility index (Phi) is 6.14. The lowest BCUT2D eigenvalue weighted by Crippen LogP contribution is -2.08. The summed E-state index contributed by atoms with van der Waals surface area (Å²) in [5, 5.41) is 0.462. The first-order valence-electron chi connectivity index (χ1n) is 6.12. The average Bonchev–Trinajstić information content (AvgIpc) is 2.44. The molecule has 1 aromatic rings. The molecule has 0 saturated carbocycles. The Bertz CT molecular complexity index is 511. The zero-order valence-corrected chi connectivity index (χ0v) is 12.9. The van der Waals surface area contributed by atoms with E-state index >= 15 is 0 Å². The molecule has 110 valence electrons. The Balaban J connectivity index is 2.80. The van der Waals surface area contributed by atoms with Crippen LogP contribution >= 0.6 is 7.60 Å². The second-order valence-corrected chi connectivity index (χ2v) is 6.51. The van der Waals surface area contributed by atoms with Crippen molar-refractivity contribution in [1.29, 1.82) is 0 Å². The Labute approximate surface area is 119 Å². The summed E-state index contributed by atoms with van der Waals surface area (Å²) < 4.78 is 26.9. The molecule has 0 heterocycles. The van der Waals surface area contributed by atoms with E-state index in [1.54, 1.807) is 44.2 Å². The van der Waals surface area contributed by atoms with Gasteiger partial charge in [0.25, 0.3) is 0 Å². The fourth-order valence-corrected chi connectivity index (χ4v) is 2.57. The zero-order valence-electron chi connectivity index (χ0n) is 12.0. The van der Waals surface area contributed by atoms with Crippen molar-refractivity contribution in [3.05, 3.63) is 35.9 Å². The second-order valence-electron chi connectivity index (χ2n) is 4.27. The lowest BCUT2D eigenvalue weighted by atomic mass is 10.2. The van der Waals surface area contributed by atoms with Crippen molar-refractivity contribution in [3.63, 3.8) is 0 Å². The van der Waals surface area contributed by atoms with E-state index in [4.69, 9.17) is 13.8 Å². The van der Waals surface area contributed by atoms with Gasteiger partial charge >= 0.3 is 13.6 Å². The minimum Gasteiger partial charge on any atom is -0.460 e. The first-order chi connectivity index (χ1) is 9.41. The third-order valence-electron chi connectivity index (χ3n) is 2.45. The molecule has 0 aliphatic carbocycles. The Hall–Kier alpha value is -1.42. The molecule has 0 aliphatic heterocycles. The average molecular weight is 298 g/mol. The smallest absolute Gasteiger partial charge is 0.360 e. The summed E-state index contributed by atoms with van der Waals surface area (Å²) in [5.41, 5.74) is 0.785. The normalized spacial score (nSPS) is 12.1. The Morgan fingerprint density at radius 2 is 1.70 bits per heavy atom. The molecule has 0 amide bonds.